The van der Waals surface area contributed by atoms with Crippen LogP contribution in [0.1, 0.15) is 28.8 Å². The molecule has 0 bridgehead atoms. The molecule has 3 aromatic rings. The summed E-state index contributed by atoms with van der Waals surface area (Å²) in [5, 5.41) is 3.01. The van der Waals surface area contributed by atoms with Crippen LogP contribution in [0.3, 0.4) is 0 Å². The molecule has 1 fully saturated rings. The van der Waals surface area contributed by atoms with Crippen molar-refractivity contribution >= 4 is 23.2 Å². The summed E-state index contributed by atoms with van der Waals surface area (Å²) in [6.45, 7) is 1.71. The van der Waals surface area contributed by atoms with Gasteiger partial charge in [0.2, 0.25) is 11.7 Å². The van der Waals surface area contributed by atoms with Crippen LogP contribution in [0.2, 0.25) is 0 Å². The highest BCUT2D eigenvalue weighted by Crippen LogP contribution is 2.39. The van der Waals surface area contributed by atoms with E-state index in [2.05, 4.69) is 10.2 Å². The predicted molar refractivity (Wildman–Crippen MR) is 139 cm³/mol. The Kier molecular flexibility index (Phi) is 7.95. The van der Waals surface area contributed by atoms with Crippen molar-refractivity contribution in [3.63, 3.8) is 0 Å². The van der Waals surface area contributed by atoms with Crippen molar-refractivity contribution in [2.24, 2.45) is 11.7 Å². The van der Waals surface area contributed by atoms with Crippen LogP contribution in [0.25, 0.3) is 0 Å². The van der Waals surface area contributed by atoms with Gasteiger partial charge in [0.1, 0.15) is 6.61 Å². The molecule has 0 unspecified atom stereocenters. The molecule has 1 aliphatic rings. The summed E-state index contributed by atoms with van der Waals surface area (Å²) in [6.07, 6.45) is 1.38. The summed E-state index contributed by atoms with van der Waals surface area (Å²) in [7, 11) is 3.05. The lowest BCUT2D eigenvalue weighted by Crippen LogP contribution is -2.38. The van der Waals surface area contributed by atoms with Gasteiger partial charge in [0.15, 0.2) is 11.5 Å². The van der Waals surface area contributed by atoms with Gasteiger partial charge < -0.3 is 30.2 Å². The number of piperidine rings is 1. The van der Waals surface area contributed by atoms with Gasteiger partial charge in [-0.25, -0.2) is 0 Å². The standard InChI is InChI=1S/C28H31N3O5/c1-34-24-16-21(17-25(35-2)26(24)36-18-19-8-4-3-5-9-19)28(33)30-22-10-6-7-11-23(22)31-14-12-20(13-15-31)27(29)32/h3-11,16-17,20H,12-15,18H2,1-2H3,(H2,29,32)(H,30,33). The maximum absolute atomic E-state index is 13.3. The zero-order chi connectivity index (χ0) is 25.5. The molecule has 0 aliphatic carbocycles. The number of rotatable bonds is 9. The normalized spacial score (nSPS) is 13.7. The number of hydrogen-bond donors (Lipinski definition) is 2. The lowest BCUT2D eigenvalue weighted by molar-refractivity contribution is -0.122. The minimum Gasteiger partial charge on any atom is -0.493 e. The van der Waals surface area contributed by atoms with E-state index in [0.717, 1.165) is 11.3 Å². The van der Waals surface area contributed by atoms with Crippen molar-refractivity contribution in [2.45, 2.75) is 19.4 Å². The van der Waals surface area contributed by atoms with E-state index in [1.165, 1.54) is 14.2 Å². The molecule has 0 spiro atoms. The number of amides is 2. The number of para-hydroxylation sites is 2. The second kappa shape index (κ2) is 11.5. The van der Waals surface area contributed by atoms with E-state index in [9.17, 15) is 9.59 Å². The Hall–Kier alpha value is -4.20. The van der Waals surface area contributed by atoms with E-state index in [1.54, 1.807) is 12.1 Å². The Bertz CT molecular complexity index is 1180. The molecule has 1 saturated heterocycles. The van der Waals surface area contributed by atoms with Crippen LogP contribution in [0.4, 0.5) is 11.4 Å². The first-order chi connectivity index (χ1) is 17.5. The van der Waals surface area contributed by atoms with E-state index < -0.39 is 0 Å². The average molecular weight is 490 g/mol. The Balaban J connectivity index is 1.52. The number of primary amides is 1. The molecule has 4 rings (SSSR count). The van der Waals surface area contributed by atoms with E-state index in [-0.39, 0.29) is 17.7 Å². The molecule has 0 saturated carbocycles. The molecule has 36 heavy (non-hydrogen) atoms. The van der Waals surface area contributed by atoms with Gasteiger partial charge in [0.25, 0.3) is 5.91 Å². The van der Waals surface area contributed by atoms with Crippen molar-refractivity contribution < 1.29 is 23.8 Å². The highest BCUT2D eigenvalue weighted by Gasteiger charge is 2.25. The summed E-state index contributed by atoms with van der Waals surface area (Å²) in [4.78, 5) is 27.0. The molecule has 188 valence electrons. The fourth-order valence-electron chi connectivity index (χ4n) is 4.34. The number of hydrogen-bond acceptors (Lipinski definition) is 6. The number of nitrogens with zero attached hydrogens (tertiary/aromatic N) is 1. The molecule has 1 aliphatic heterocycles. The fourth-order valence-corrected chi connectivity index (χ4v) is 4.34. The van der Waals surface area contributed by atoms with Crippen LogP contribution in [-0.4, -0.2) is 39.1 Å². The smallest absolute Gasteiger partial charge is 0.255 e. The molecule has 0 radical (unpaired) electrons. The molecule has 8 heteroatoms. The number of benzene rings is 3. The van der Waals surface area contributed by atoms with E-state index >= 15 is 0 Å². The minimum absolute atomic E-state index is 0.106. The Morgan fingerprint density at radius 3 is 2.17 bits per heavy atom. The second-order valence-corrected chi connectivity index (χ2v) is 8.62. The zero-order valence-electron chi connectivity index (χ0n) is 20.5. The first kappa shape index (κ1) is 24.9. The molecule has 0 aromatic heterocycles. The van der Waals surface area contributed by atoms with Crippen LogP contribution < -0.4 is 30.2 Å². The summed E-state index contributed by atoms with van der Waals surface area (Å²) >= 11 is 0. The first-order valence-corrected chi connectivity index (χ1v) is 11.9. The number of nitrogens with two attached hydrogens (primary N) is 1. The van der Waals surface area contributed by atoms with Crippen molar-refractivity contribution in [1.82, 2.24) is 0 Å². The maximum atomic E-state index is 13.3. The third kappa shape index (κ3) is 5.71. The number of nitrogens with one attached hydrogen (secondary N) is 1. The summed E-state index contributed by atoms with van der Waals surface area (Å²) in [5.74, 6) is 0.564. The molecular weight excluding hydrogens is 458 g/mol. The van der Waals surface area contributed by atoms with Crippen molar-refractivity contribution in [1.29, 1.82) is 0 Å². The van der Waals surface area contributed by atoms with Crippen molar-refractivity contribution in [3.8, 4) is 17.2 Å². The maximum Gasteiger partial charge on any atom is 0.255 e. The van der Waals surface area contributed by atoms with Crippen LogP contribution in [0, 0.1) is 5.92 Å². The lowest BCUT2D eigenvalue weighted by atomic mass is 9.96. The molecular formula is C28H31N3O5. The number of carbonyl (C=O) groups excluding carboxylic acids is 2. The largest absolute Gasteiger partial charge is 0.493 e. The summed E-state index contributed by atoms with van der Waals surface area (Å²) in [6, 6.07) is 20.7. The van der Waals surface area contributed by atoms with Gasteiger partial charge >= 0.3 is 0 Å². The van der Waals surface area contributed by atoms with Crippen LogP contribution in [0.15, 0.2) is 66.7 Å². The van der Waals surface area contributed by atoms with Gasteiger partial charge in [-0.2, -0.15) is 0 Å². The Labute approximate surface area is 211 Å². The first-order valence-electron chi connectivity index (χ1n) is 11.9. The van der Waals surface area contributed by atoms with E-state index in [4.69, 9.17) is 19.9 Å². The quantitative estimate of drug-likeness (QED) is 0.466. The third-order valence-corrected chi connectivity index (χ3v) is 6.34. The number of ether oxygens (including phenoxy) is 3. The van der Waals surface area contributed by atoms with Gasteiger partial charge in [0, 0.05) is 24.6 Å². The minimum atomic E-state index is -0.305. The monoisotopic (exact) mass is 489 g/mol. The number of carbonyl (C=O) groups is 2. The van der Waals surface area contributed by atoms with Crippen molar-refractivity contribution in [2.75, 3.05) is 37.5 Å². The summed E-state index contributed by atoms with van der Waals surface area (Å²) in [5.41, 5.74) is 8.43. The van der Waals surface area contributed by atoms with Gasteiger partial charge in [-0.1, -0.05) is 42.5 Å². The number of methoxy groups -OCH3 is 2. The van der Waals surface area contributed by atoms with Gasteiger partial charge in [-0.3, -0.25) is 9.59 Å². The van der Waals surface area contributed by atoms with Gasteiger partial charge in [-0.05, 0) is 42.7 Å². The fraction of sp³-hybridized carbons (Fsp3) is 0.286. The van der Waals surface area contributed by atoms with Crippen LogP contribution in [-0.2, 0) is 11.4 Å². The SMILES string of the molecule is COc1cc(C(=O)Nc2ccccc2N2CCC(C(N)=O)CC2)cc(OC)c1OCc1ccccc1. The Morgan fingerprint density at radius 2 is 1.56 bits per heavy atom. The van der Waals surface area contributed by atoms with E-state index in [0.29, 0.717) is 61.0 Å². The summed E-state index contributed by atoms with van der Waals surface area (Å²) < 4.78 is 17.1. The molecule has 3 aromatic carbocycles. The lowest BCUT2D eigenvalue weighted by Gasteiger charge is -2.33. The molecule has 2 amide bonds. The number of anilines is 2. The van der Waals surface area contributed by atoms with Gasteiger partial charge in [-0.15, -0.1) is 0 Å². The van der Waals surface area contributed by atoms with Crippen molar-refractivity contribution in [3.05, 3.63) is 77.9 Å². The predicted octanol–water partition coefficient (Wildman–Crippen LogP) is 4.24. The van der Waals surface area contributed by atoms with E-state index in [1.807, 2.05) is 54.6 Å². The molecule has 0 atom stereocenters. The zero-order valence-corrected chi connectivity index (χ0v) is 20.5. The highest BCUT2D eigenvalue weighted by atomic mass is 16.5. The molecule has 8 nitrogen and oxygen atoms in total. The molecule has 1 heterocycles. The average Bonchev–Trinajstić information content (AvgIpc) is 2.92. The van der Waals surface area contributed by atoms with Crippen LogP contribution >= 0.6 is 0 Å². The van der Waals surface area contributed by atoms with Gasteiger partial charge in [0.05, 0.1) is 25.6 Å². The highest BCUT2D eigenvalue weighted by molar-refractivity contribution is 6.06. The third-order valence-electron chi connectivity index (χ3n) is 6.34. The Morgan fingerprint density at radius 1 is 0.944 bits per heavy atom. The second-order valence-electron chi connectivity index (χ2n) is 8.62. The van der Waals surface area contributed by atoms with Crippen LogP contribution in [0.5, 0.6) is 17.2 Å². The topological polar surface area (TPSA) is 103 Å². The molecule has 3 N–H and O–H groups in total.